The van der Waals surface area contributed by atoms with E-state index in [-0.39, 0.29) is 64.4 Å². The van der Waals surface area contributed by atoms with E-state index in [1.165, 1.54) is 10.6 Å². The van der Waals surface area contributed by atoms with Crippen molar-refractivity contribution in [3.05, 3.63) is 48.2 Å². The Bertz CT molecular complexity index is 1340. The van der Waals surface area contributed by atoms with Gasteiger partial charge in [-0.1, -0.05) is 18.9 Å². The third kappa shape index (κ3) is 4.56. The Morgan fingerprint density at radius 1 is 1.06 bits per heavy atom. The Labute approximate surface area is 205 Å². The van der Waals surface area contributed by atoms with Crippen molar-refractivity contribution in [1.82, 2.24) is 19.3 Å². The number of hydrogen-bond donors (Lipinski definition) is 4. The van der Waals surface area contributed by atoms with E-state index in [2.05, 4.69) is 10.2 Å². The van der Waals surface area contributed by atoms with Gasteiger partial charge >= 0.3 is 43.4 Å². The summed E-state index contributed by atoms with van der Waals surface area (Å²) in [6.45, 7) is 3.63. The standard InChI is InChI=1S/C20H21N4O6P.Na.H/c1-11(2)14-9-15(17(25)10-18(14)30-31(27,28)29)19-21-22-20(26)24(19)13-4-5-16-12(8-13)6-7-23(16)3;;/h4-11,25H,1-3H3,(H,22,26)(H2,27,28,29);;. The molecule has 10 nitrogen and oxygen atoms in total. The zero-order valence-electron chi connectivity index (χ0n) is 17.0. The van der Waals surface area contributed by atoms with E-state index in [9.17, 15) is 24.6 Å². The van der Waals surface area contributed by atoms with E-state index in [1.54, 1.807) is 6.07 Å². The van der Waals surface area contributed by atoms with Crippen LogP contribution in [-0.2, 0) is 11.6 Å². The van der Waals surface area contributed by atoms with E-state index in [0.29, 0.717) is 11.3 Å². The van der Waals surface area contributed by atoms with Gasteiger partial charge in [-0.2, -0.15) is 0 Å². The van der Waals surface area contributed by atoms with Crippen molar-refractivity contribution in [1.29, 1.82) is 0 Å². The van der Waals surface area contributed by atoms with Crippen LogP contribution in [0.4, 0.5) is 0 Å². The molecule has 0 saturated carbocycles. The Morgan fingerprint density at radius 2 is 1.78 bits per heavy atom. The first-order valence-electron chi connectivity index (χ1n) is 9.37. The Hall–Kier alpha value is -2.33. The number of aryl methyl sites for hydroxylation is 1. The summed E-state index contributed by atoms with van der Waals surface area (Å²) < 4.78 is 19.4. The second-order valence-corrected chi connectivity index (χ2v) is 8.64. The molecule has 0 atom stereocenters. The summed E-state index contributed by atoms with van der Waals surface area (Å²) in [5.74, 6) is -0.491. The fourth-order valence-electron chi connectivity index (χ4n) is 3.52. The van der Waals surface area contributed by atoms with Crippen LogP contribution in [0.15, 0.2) is 42.6 Å². The number of benzene rings is 2. The van der Waals surface area contributed by atoms with Crippen LogP contribution in [0, 0.1) is 0 Å². The van der Waals surface area contributed by atoms with Gasteiger partial charge in [0.15, 0.2) is 5.82 Å². The van der Waals surface area contributed by atoms with Gasteiger partial charge in [-0.05, 0) is 41.8 Å². The third-order valence-corrected chi connectivity index (χ3v) is 5.42. The predicted molar refractivity (Wildman–Crippen MR) is 121 cm³/mol. The van der Waals surface area contributed by atoms with Crippen LogP contribution in [-0.4, -0.2) is 68.9 Å². The molecule has 0 bridgehead atoms. The van der Waals surface area contributed by atoms with E-state index < -0.39 is 7.82 Å². The monoisotopic (exact) mass is 468 g/mol. The van der Waals surface area contributed by atoms with Crippen LogP contribution in [0.5, 0.6) is 17.5 Å². The topological polar surface area (TPSA) is 143 Å². The molecule has 0 unspecified atom stereocenters. The summed E-state index contributed by atoms with van der Waals surface area (Å²) in [5, 5.41) is 29.7. The molecule has 0 fully saturated rings. The number of hydrogen-bond acceptors (Lipinski definition) is 6. The average Bonchev–Trinajstić information content (AvgIpc) is 3.23. The zero-order valence-corrected chi connectivity index (χ0v) is 17.9. The summed E-state index contributed by atoms with van der Waals surface area (Å²) in [5.41, 5.74) is 2.25. The predicted octanol–water partition coefficient (Wildman–Crippen LogP) is 2.78. The molecule has 0 saturated heterocycles. The van der Waals surface area contributed by atoms with Crippen molar-refractivity contribution in [3.8, 4) is 34.6 Å². The molecule has 2 aromatic carbocycles. The van der Waals surface area contributed by atoms with Gasteiger partial charge in [0.2, 0.25) is 0 Å². The van der Waals surface area contributed by atoms with Crippen molar-refractivity contribution in [2.45, 2.75) is 19.8 Å². The molecule has 12 heteroatoms. The van der Waals surface area contributed by atoms with Gasteiger partial charge in [-0.3, -0.25) is 9.79 Å². The molecule has 0 aliphatic heterocycles. The van der Waals surface area contributed by atoms with Crippen molar-refractivity contribution in [2.75, 3.05) is 0 Å². The Kier molecular flexibility index (Phi) is 6.76. The van der Waals surface area contributed by atoms with Gasteiger partial charge in [0, 0.05) is 30.2 Å². The molecule has 0 amide bonds. The van der Waals surface area contributed by atoms with E-state index in [4.69, 9.17) is 4.52 Å². The molecular weight excluding hydrogens is 446 g/mol. The molecule has 0 spiro atoms. The molecule has 4 N–H and O–H groups in total. The van der Waals surface area contributed by atoms with Gasteiger partial charge in [0.25, 0.3) is 0 Å². The number of aromatic nitrogens is 4. The molecule has 2 heterocycles. The van der Waals surface area contributed by atoms with Crippen molar-refractivity contribution in [3.63, 3.8) is 0 Å². The van der Waals surface area contributed by atoms with Crippen LogP contribution in [0.3, 0.4) is 0 Å². The fourth-order valence-corrected chi connectivity index (χ4v) is 3.93. The van der Waals surface area contributed by atoms with Crippen LogP contribution >= 0.6 is 7.82 Å². The van der Waals surface area contributed by atoms with E-state index in [1.807, 2.05) is 49.9 Å². The molecular formula is C20H22N4NaO6P. The average molecular weight is 468 g/mol. The summed E-state index contributed by atoms with van der Waals surface area (Å²) in [7, 11) is -2.90. The van der Waals surface area contributed by atoms with Gasteiger partial charge < -0.3 is 19.3 Å². The van der Waals surface area contributed by atoms with Gasteiger partial charge in [-0.25, -0.2) is 9.13 Å². The minimum absolute atomic E-state index is 0. The maximum atomic E-state index is 11.3. The molecule has 0 aliphatic rings. The quantitative estimate of drug-likeness (QED) is 0.259. The second-order valence-electron chi connectivity index (χ2n) is 7.47. The van der Waals surface area contributed by atoms with Crippen LogP contribution in [0.25, 0.3) is 28.0 Å². The molecule has 4 aromatic rings. The first-order chi connectivity index (χ1) is 14.5. The number of fused-ring (bicyclic) bond motifs is 1. The Balaban J connectivity index is 0.00000289. The number of phosphoric ester groups is 1. The minimum atomic E-state index is -4.82. The normalized spacial score (nSPS) is 11.7. The number of rotatable bonds is 5. The number of phosphoric acid groups is 1. The van der Waals surface area contributed by atoms with Crippen molar-refractivity contribution >= 4 is 48.3 Å². The van der Waals surface area contributed by atoms with Crippen molar-refractivity contribution in [2.24, 2.45) is 7.05 Å². The maximum absolute atomic E-state index is 11.3. The van der Waals surface area contributed by atoms with Crippen LogP contribution in [0.1, 0.15) is 25.3 Å². The molecule has 164 valence electrons. The van der Waals surface area contributed by atoms with E-state index in [0.717, 1.165) is 17.0 Å². The van der Waals surface area contributed by atoms with Crippen molar-refractivity contribution < 1.29 is 29.1 Å². The van der Waals surface area contributed by atoms with Gasteiger partial charge in [0.1, 0.15) is 11.5 Å². The molecule has 2 aromatic heterocycles. The van der Waals surface area contributed by atoms with E-state index >= 15 is 0 Å². The zero-order chi connectivity index (χ0) is 22.5. The first kappa shape index (κ1) is 24.3. The number of phenols is 1. The molecule has 32 heavy (non-hydrogen) atoms. The Morgan fingerprint density at radius 3 is 2.44 bits per heavy atom. The van der Waals surface area contributed by atoms with Gasteiger partial charge in [0.05, 0.1) is 11.3 Å². The number of aromatic hydroxyl groups is 2. The molecule has 0 radical (unpaired) electrons. The number of nitrogens with zero attached hydrogens (tertiary/aromatic N) is 4. The summed E-state index contributed by atoms with van der Waals surface area (Å²) in [4.78, 5) is 18.4. The van der Waals surface area contributed by atoms with Gasteiger partial charge in [-0.15, -0.1) is 5.10 Å². The first-order valence-corrected chi connectivity index (χ1v) is 10.9. The molecule has 0 aliphatic carbocycles. The SMILES string of the molecule is CC(C)c1cc(-c2nnc(O)n2-c2ccc3c(ccn3C)c2)c(O)cc1OP(=O)(O)O.[NaH]. The third-order valence-electron chi connectivity index (χ3n) is 4.98. The van der Waals surface area contributed by atoms with Crippen LogP contribution < -0.4 is 4.52 Å². The number of phenolic OH excluding ortho intramolecular Hbond substituents is 1. The summed E-state index contributed by atoms with van der Waals surface area (Å²) in [6.07, 6.45) is 1.92. The second kappa shape index (κ2) is 8.90. The molecule has 4 rings (SSSR count). The fraction of sp³-hybridized carbons (Fsp3) is 0.200. The van der Waals surface area contributed by atoms with Crippen LogP contribution in [0.2, 0.25) is 0 Å². The summed E-state index contributed by atoms with van der Waals surface area (Å²) in [6, 6.07) is 9.75. The summed E-state index contributed by atoms with van der Waals surface area (Å²) >= 11 is 0.